The normalized spacial score (nSPS) is 10.5. The summed E-state index contributed by atoms with van der Waals surface area (Å²) in [6.45, 7) is 6.78. The van der Waals surface area contributed by atoms with Crippen molar-refractivity contribution in [2.45, 2.75) is 33.7 Å². The molecule has 0 atom stereocenters. The number of nitrogens with zero attached hydrogens (tertiary/aromatic N) is 2. The molecule has 0 aliphatic carbocycles. The second-order valence-electron chi connectivity index (χ2n) is 5.58. The molecule has 0 bridgehead atoms. The van der Waals surface area contributed by atoms with E-state index in [1.54, 1.807) is 19.1 Å². The van der Waals surface area contributed by atoms with E-state index in [0.717, 1.165) is 16.8 Å². The van der Waals surface area contributed by atoms with E-state index in [1.165, 1.54) is 0 Å². The van der Waals surface area contributed by atoms with Crippen molar-refractivity contribution in [3.05, 3.63) is 40.8 Å². The number of aromatic nitrogens is 1. The zero-order chi connectivity index (χ0) is 17.7. The molecule has 0 saturated carbocycles. The summed E-state index contributed by atoms with van der Waals surface area (Å²) in [5, 5.41) is 3.90. The summed E-state index contributed by atoms with van der Waals surface area (Å²) in [5.41, 5.74) is 2.62. The first-order valence-corrected chi connectivity index (χ1v) is 7.90. The van der Waals surface area contributed by atoms with Crippen molar-refractivity contribution in [3.8, 4) is 11.5 Å². The Labute approximate surface area is 142 Å². The summed E-state index contributed by atoms with van der Waals surface area (Å²) >= 11 is 0. The van der Waals surface area contributed by atoms with Gasteiger partial charge in [-0.2, -0.15) is 0 Å². The van der Waals surface area contributed by atoms with E-state index in [2.05, 4.69) is 5.16 Å². The van der Waals surface area contributed by atoms with Gasteiger partial charge in [0.05, 0.1) is 26.3 Å². The van der Waals surface area contributed by atoms with Crippen LogP contribution in [-0.4, -0.2) is 36.7 Å². The minimum absolute atomic E-state index is 0.0432. The minimum Gasteiger partial charge on any atom is -0.493 e. The molecule has 0 radical (unpaired) electrons. The molecule has 1 aromatic heterocycles. The first-order valence-electron chi connectivity index (χ1n) is 7.90. The van der Waals surface area contributed by atoms with Crippen molar-refractivity contribution in [2.24, 2.45) is 0 Å². The van der Waals surface area contributed by atoms with Crippen molar-refractivity contribution in [1.82, 2.24) is 10.1 Å². The first-order chi connectivity index (χ1) is 11.5. The fraction of sp³-hybridized carbons (Fsp3) is 0.444. The average molecular weight is 332 g/mol. The number of amides is 1. The van der Waals surface area contributed by atoms with Crippen molar-refractivity contribution >= 4 is 5.91 Å². The third-order valence-corrected chi connectivity index (χ3v) is 4.07. The van der Waals surface area contributed by atoms with E-state index < -0.39 is 0 Å². The number of benzene rings is 1. The zero-order valence-corrected chi connectivity index (χ0v) is 14.9. The van der Waals surface area contributed by atoms with Crippen LogP contribution in [0.1, 0.15) is 29.5 Å². The molecule has 0 aliphatic heterocycles. The quantitative estimate of drug-likeness (QED) is 0.780. The molecule has 130 valence electrons. The zero-order valence-electron chi connectivity index (χ0n) is 14.9. The van der Waals surface area contributed by atoms with Gasteiger partial charge in [-0.15, -0.1) is 0 Å². The maximum absolute atomic E-state index is 12.6. The number of hydrogen-bond acceptors (Lipinski definition) is 5. The van der Waals surface area contributed by atoms with Crippen LogP contribution >= 0.6 is 0 Å². The molecule has 6 nitrogen and oxygen atoms in total. The van der Waals surface area contributed by atoms with Crippen LogP contribution in [-0.2, 0) is 17.8 Å². The summed E-state index contributed by atoms with van der Waals surface area (Å²) < 4.78 is 15.7. The highest BCUT2D eigenvalue weighted by molar-refractivity contribution is 5.79. The van der Waals surface area contributed by atoms with Crippen molar-refractivity contribution in [2.75, 3.05) is 20.8 Å². The molecular weight excluding hydrogens is 308 g/mol. The molecule has 0 saturated heterocycles. The molecule has 1 heterocycles. The predicted molar refractivity (Wildman–Crippen MR) is 90.3 cm³/mol. The van der Waals surface area contributed by atoms with Gasteiger partial charge in [0.15, 0.2) is 11.5 Å². The lowest BCUT2D eigenvalue weighted by atomic mass is 10.1. The summed E-state index contributed by atoms with van der Waals surface area (Å²) in [6.07, 6.45) is 0.294. The smallest absolute Gasteiger partial charge is 0.227 e. The highest BCUT2D eigenvalue weighted by atomic mass is 16.5. The maximum atomic E-state index is 12.6. The molecule has 0 fully saturated rings. The molecule has 6 heteroatoms. The third kappa shape index (κ3) is 3.88. The van der Waals surface area contributed by atoms with E-state index in [4.69, 9.17) is 14.0 Å². The Kier molecular flexibility index (Phi) is 5.84. The Bertz CT molecular complexity index is 690. The van der Waals surface area contributed by atoms with Crippen LogP contribution in [0.4, 0.5) is 0 Å². The Morgan fingerprint density at radius 1 is 1.21 bits per heavy atom. The van der Waals surface area contributed by atoms with Crippen LogP contribution in [0.3, 0.4) is 0 Å². The molecule has 1 amide bonds. The summed E-state index contributed by atoms with van der Waals surface area (Å²) in [4.78, 5) is 14.4. The summed E-state index contributed by atoms with van der Waals surface area (Å²) in [5.74, 6) is 2.07. The van der Waals surface area contributed by atoms with E-state index in [0.29, 0.717) is 36.8 Å². The van der Waals surface area contributed by atoms with E-state index in [1.807, 2.05) is 39.0 Å². The monoisotopic (exact) mass is 332 g/mol. The number of ether oxygens (including phenoxy) is 2. The first kappa shape index (κ1) is 17.8. The molecule has 1 aromatic carbocycles. The number of rotatable bonds is 7. The van der Waals surface area contributed by atoms with Crippen LogP contribution in [0.25, 0.3) is 0 Å². The second-order valence-corrected chi connectivity index (χ2v) is 5.58. The summed E-state index contributed by atoms with van der Waals surface area (Å²) in [6, 6.07) is 5.68. The SMILES string of the molecule is CCN(Cc1ccc(OC)c(OC)c1)C(=O)Cc1c(C)noc1C. The molecule has 2 aromatic rings. The van der Waals surface area contributed by atoms with E-state index >= 15 is 0 Å². The number of carbonyl (C=O) groups is 1. The van der Waals surface area contributed by atoms with Gasteiger partial charge in [-0.3, -0.25) is 4.79 Å². The molecule has 0 aliphatic rings. The topological polar surface area (TPSA) is 64.8 Å². The molecule has 0 N–H and O–H groups in total. The third-order valence-electron chi connectivity index (χ3n) is 4.07. The lowest BCUT2D eigenvalue weighted by Crippen LogP contribution is -2.31. The van der Waals surface area contributed by atoms with Gasteiger partial charge < -0.3 is 18.9 Å². The van der Waals surface area contributed by atoms with Gasteiger partial charge in [-0.25, -0.2) is 0 Å². The molecular formula is C18H24N2O4. The lowest BCUT2D eigenvalue weighted by Gasteiger charge is -2.21. The standard InChI is InChI=1S/C18H24N2O4/c1-6-20(18(21)10-15-12(2)19-24-13(15)3)11-14-7-8-16(22-4)17(9-14)23-5/h7-9H,6,10-11H2,1-5H3. The highest BCUT2D eigenvalue weighted by Crippen LogP contribution is 2.28. The van der Waals surface area contributed by atoms with Gasteiger partial charge in [0.2, 0.25) is 5.91 Å². The molecule has 0 unspecified atom stereocenters. The number of methoxy groups -OCH3 is 2. The largest absolute Gasteiger partial charge is 0.493 e. The molecule has 2 rings (SSSR count). The number of aryl methyl sites for hydroxylation is 2. The van der Waals surface area contributed by atoms with Gasteiger partial charge in [0.1, 0.15) is 5.76 Å². The van der Waals surface area contributed by atoms with Crippen molar-refractivity contribution in [3.63, 3.8) is 0 Å². The van der Waals surface area contributed by atoms with Gasteiger partial charge >= 0.3 is 0 Å². The predicted octanol–water partition coefficient (Wildman–Crippen LogP) is 2.90. The highest BCUT2D eigenvalue weighted by Gasteiger charge is 2.18. The Hall–Kier alpha value is -2.50. The number of carbonyl (C=O) groups excluding carboxylic acids is 1. The lowest BCUT2D eigenvalue weighted by molar-refractivity contribution is -0.130. The van der Waals surface area contributed by atoms with Gasteiger partial charge in [0.25, 0.3) is 0 Å². The molecule has 0 spiro atoms. The van der Waals surface area contributed by atoms with Gasteiger partial charge in [-0.1, -0.05) is 11.2 Å². The fourth-order valence-corrected chi connectivity index (χ4v) is 2.59. The van der Waals surface area contributed by atoms with Crippen molar-refractivity contribution in [1.29, 1.82) is 0 Å². The second kappa shape index (κ2) is 7.86. The van der Waals surface area contributed by atoms with E-state index in [-0.39, 0.29) is 5.91 Å². The van der Waals surface area contributed by atoms with Gasteiger partial charge in [0, 0.05) is 18.7 Å². The Morgan fingerprint density at radius 2 is 1.92 bits per heavy atom. The fourth-order valence-electron chi connectivity index (χ4n) is 2.59. The summed E-state index contributed by atoms with van der Waals surface area (Å²) in [7, 11) is 3.20. The number of likely N-dealkylation sites (N-methyl/N-ethyl adjacent to an activating group) is 1. The minimum atomic E-state index is 0.0432. The van der Waals surface area contributed by atoms with Crippen LogP contribution in [0.5, 0.6) is 11.5 Å². The molecule has 24 heavy (non-hydrogen) atoms. The van der Waals surface area contributed by atoms with Crippen LogP contribution < -0.4 is 9.47 Å². The van der Waals surface area contributed by atoms with Crippen LogP contribution in [0.2, 0.25) is 0 Å². The van der Waals surface area contributed by atoms with Crippen molar-refractivity contribution < 1.29 is 18.8 Å². The van der Waals surface area contributed by atoms with Crippen LogP contribution in [0.15, 0.2) is 22.7 Å². The number of hydrogen-bond donors (Lipinski definition) is 0. The Morgan fingerprint density at radius 3 is 2.46 bits per heavy atom. The van der Waals surface area contributed by atoms with E-state index in [9.17, 15) is 4.79 Å². The maximum Gasteiger partial charge on any atom is 0.227 e. The average Bonchev–Trinajstić information content (AvgIpc) is 2.91. The Balaban J connectivity index is 2.13. The van der Waals surface area contributed by atoms with Crippen LogP contribution in [0, 0.1) is 13.8 Å². The van der Waals surface area contributed by atoms with Gasteiger partial charge in [-0.05, 0) is 38.5 Å².